The molecular weight excluding hydrogens is 369 g/mol. The van der Waals surface area contributed by atoms with Crippen LogP contribution in [0.5, 0.6) is 0 Å². The van der Waals surface area contributed by atoms with Gasteiger partial charge < -0.3 is 5.32 Å². The lowest BCUT2D eigenvalue weighted by atomic mass is 10.1. The maximum atomic E-state index is 12.6. The highest BCUT2D eigenvalue weighted by atomic mass is 19.4. The summed E-state index contributed by atoms with van der Waals surface area (Å²) in [6.07, 6.45) is 0.238. The predicted octanol–water partition coefficient (Wildman–Crippen LogP) is 4.55. The molecular formula is C19H13F3N6. The van der Waals surface area contributed by atoms with Crippen molar-refractivity contribution in [3.63, 3.8) is 0 Å². The van der Waals surface area contributed by atoms with Crippen molar-refractivity contribution in [2.24, 2.45) is 0 Å². The predicted molar refractivity (Wildman–Crippen MR) is 97.8 cm³/mol. The van der Waals surface area contributed by atoms with Crippen LogP contribution in [0.3, 0.4) is 0 Å². The molecule has 0 aromatic carbocycles. The smallest absolute Gasteiger partial charge is 0.323 e. The average Bonchev–Trinajstić information content (AvgIpc) is 2.68. The Morgan fingerprint density at radius 3 is 2.39 bits per heavy atom. The molecule has 4 aromatic heterocycles. The first-order valence-corrected chi connectivity index (χ1v) is 8.26. The Balaban J connectivity index is 1.68. The summed E-state index contributed by atoms with van der Waals surface area (Å²) in [7, 11) is 0. The van der Waals surface area contributed by atoms with Crippen molar-refractivity contribution in [2.45, 2.75) is 13.1 Å². The van der Waals surface area contributed by atoms with Gasteiger partial charge in [-0.1, -0.05) is 6.07 Å². The minimum Gasteiger partial charge on any atom is -0.323 e. The lowest BCUT2D eigenvalue weighted by molar-refractivity contribution is -0.138. The van der Waals surface area contributed by atoms with Crippen LogP contribution in [0.4, 0.5) is 24.8 Å². The fourth-order valence-electron chi connectivity index (χ4n) is 2.68. The molecule has 0 aliphatic carbocycles. The molecule has 0 spiro atoms. The van der Waals surface area contributed by atoms with Crippen LogP contribution >= 0.6 is 0 Å². The van der Waals surface area contributed by atoms with E-state index in [4.69, 9.17) is 0 Å². The molecule has 0 fully saturated rings. The first kappa shape index (κ1) is 17.8. The minimum absolute atomic E-state index is 0.0464. The van der Waals surface area contributed by atoms with Gasteiger partial charge in [0.05, 0.1) is 22.6 Å². The number of hydrogen-bond acceptors (Lipinski definition) is 6. The van der Waals surface area contributed by atoms with Crippen LogP contribution in [0.25, 0.3) is 22.4 Å². The highest BCUT2D eigenvalue weighted by Crippen LogP contribution is 2.29. The molecule has 9 heteroatoms. The zero-order valence-electron chi connectivity index (χ0n) is 14.6. The second-order valence-electron chi connectivity index (χ2n) is 6.01. The van der Waals surface area contributed by atoms with E-state index >= 15 is 0 Å². The summed E-state index contributed by atoms with van der Waals surface area (Å²) < 4.78 is 37.9. The number of anilines is 2. The molecule has 0 radical (unpaired) electrons. The summed E-state index contributed by atoms with van der Waals surface area (Å²) >= 11 is 0. The Kier molecular flexibility index (Phi) is 4.34. The van der Waals surface area contributed by atoms with Gasteiger partial charge in [0.15, 0.2) is 5.65 Å². The maximum Gasteiger partial charge on any atom is 0.419 e. The van der Waals surface area contributed by atoms with Crippen LogP contribution in [-0.4, -0.2) is 24.9 Å². The molecule has 4 aromatic rings. The molecule has 0 aliphatic rings. The van der Waals surface area contributed by atoms with Crippen LogP contribution in [0.15, 0.2) is 55.1 Å². The SMILES string of the molecule is Cc1cccnc1-c1ccc2c(Nc3ncc(C(F)(F)F)cn3)ccnc2n1. The molecule has 0 unspecified atom stereocenters. The van der Waals surface area contributed by atoms with Crippen molar-refractivity contribution >= 4 is 22.7 Å². The molecule has 140 valence electrons. The van der Waals surface area contributed by atoms with Crippen LogP contribution in [0.2, 0.25) is 0 Å². The molecule has 0 bridgehead atoms. The lowest BCUT2D eigenvalue weighted by Crippen LogP contribution is -2.07. The van der Waals surface area contributed by atoms with Gasteiger partial charge in [0.1, 0.15) is 0 Å². The van der Waals surface area contributed by atoms with Gasteiger partial charge >= 0.3 is 6.18 Å². The molecule has 6 nitrogen and oxygen atoms in total. The first-order valence-electron chi connectivity index (χ1n) is 8.26. The molecule has 28 heavy (non-hydrogen) atoms. The number of halogens is 3. The molecule has 0 aliphatic heterocycles. The monoisotopic (exact) mass is 382 g/mol. The maximum absolute atomic E-state index is 12.6. The largest absolute Gasteiger partial charge is 0.419 e. The van der Waals surface area contributed by atoms with Gasteiger partial charge in [-0.05, 0) is 36.8 Å². The Morgan fingerprint density at radius 1 is 0.893 bits per heavy atom. The summed E-state index contributed by atoms with van der Waals surface area (Å²) in [6, 6.07) is 9.12. The third-order valence-corrected chi connectivity index (χ3v) is 4.08. The number of rotatable bonds is 3. The summed E-state index contributed by atoms with van der Waals surface area (Å²) in [5.74, 6) is 0.0464. The number of aromatic nitrogens is 5. The Labute approximate surface area is 157 Å². The van der Waals surface area contributed by atoms with E-state index in [0.717, 1.165) is 23.7 Å². The molecule has 4 rings (SSSR count). The number of nitrogens with zero attached hydrogens (tertiary/aromatic N) is 5. The van der Waals surface area contributed by atoms with Crippen LogP contribution < -0.4 is 5.32 Å². The zero-order valence-corrected chi connectivity index (χ0v) is 14.6. The highest BCUT2D eigenvalue weighted by molar-refractivity contribution is 5.91. The summed E-state index contributed by atoms with van der Waals surface area (Å²) in [5, 5.41) is 3.59. The van der Waals surface area contributed by atoms with Gasteiger partial charge in [-0.15, -0.1) is 0 Å². The van der Waals surface area contributed by atoms with Gasteiger partial charge in [0.25, 0.3) is 0 Å². The molecule has 1 N–H and O–H groups in total. The third kappa shape index (κ3) is 3.46. The van der Waals surface area contributed by atoms with Gasteiger partial charge in [0, 0.05) is 30.2 Å². The van der Waals surface area contributed by atoms with E-state index in [0.29, 0.717) is 22.4 Å². The molecule has 0 saturated heterocycles. The number of alkyl halides is 3. The molecule has 0 saturated carbocycles. The van der Waals surface area contributed by atoms with E-state index in [2.05, 4.69) is 30.2 Å². The number of pyridine rings is 3. The van der Waals surface area contributed by atoms with Gasteiger partial charge in [-0.3, -0.25) is 4.98 Å². The Bertz CT molecular complexity index is 1140. The van der Waals surface area contributed by atoms with E-state index in [1.165, 1.54) is 0 Å². The van der Waals surface area contributed by atoms with Crippen molar-refractivity contribution < 1.29 is 13.2 Å². The quantitative estimate of drug-likeness (QED) is 0.560. The molecule has 0 amide bonds. The van der Waals surface area contributed by atoms with Crippen LogP contribution in [0, 0.1) is 6.92 Å². The van der Waals surface area contributed by atoms with Gasteiger partial charge in [-0.25, -0.2) is 19.9 Å². The van der Waals surface area contributed by atoms with Gasteiger partial charge in [0.2, 0.25) is 5.95 Å². The van der Waals surface area contributed by atoms with Crippen molar-refractivity contribution in [1.29, 1.82) is 0 Å². The second-order valence-corrected chi connectivity index (χ2v) is 6.01. The average molecular weight is 382 g/mol. The number of hydrogen-bond donors (Lipinski definition) is 1. The number of fused-ring (bicyclic) bond motifs is 1. The van der Waals surface area contributed by atoms with Crippen LogP contribution in [0.1, 0.15) is 11.1 Å². The Hall–Kier alpha value is -3.62. The van der Waals surface area contributed by atoms with Crippen molar-refractivity contribution in [1.82, 2.24) is 24.9 Å². The zero-order chi connectivity index (χ0) is 19.7. The van der Waals surface area contributed by atoms with E-state index in [1.807, 2.05) is 31.2 Å². The van der Waals surface area contributed by atoms with Crippen LogP contribution in [-0.2, 0) is 6.18 Å². The second kappa shape index (κ2) is 6.84. The van der Waals surface area contributed by atoms with Crippen molar-refractivity contribution in [3.05, 3.63) is 66.2 Å². The van der Waals surface area contributed by atoms with E-state index in [1.54, 1.807) is 18.5 Å². The molecule has 0 atom stereocenters. The third-order valence-electron chi connectivity index (χ3n) is 4.08. The van der Waals surface area contributed by atoms with Crippen molar-refractivity contribution in [3.8, 4) is 11.4 Å². The summed E-state index contributed by atoms with van der Waals surface area (Å²) in [4.78, 5) is 20.6. The first-order chi connectivity index (χ1) is 13.4. The van der Waals surface area contributed by atoms with Gasteiger partial charge in [-0.2, -0.15) is 13.2 Å². The van der Waals surface area contributed by atoms with E-state index in [9.17, 15) is 13.2 Å². The van der Waals surface area contributed by atoms with E-state index < -0.39 is 11.7 Å². The van der Waals surface area contributed by atoms with E-state index in [-0.39, 0.29) is 5.95 Å². The topological polar surface area (TPSA) is 76.5 Å². The fraction of sp³-hybridized carbons (Fsp3) is 0.105. The summed E-state index contributed by atoms with van der Waals surface area (Å²) in [5.41, 5.74) is 2.58. The highest BCUT2D eigenvalue weighted by Gasteiger charge is 2.31. The Morgan fingerprint density at radius 2 is 1.68 bits per heavy atom. The standard InChI is InChI=1S/C19H13F3N6/c1-11-3-2-7-23-16(11)15-5-4-13-14(6-8-24-17(13)27-15)28-18-25-9-12(10-26-18)19(20,21)22/h2-10H,1H3,(H,24,25,26,27,28). The fourth-order valence-corrected chi connectivity index (χ4v) is 2.68. The number of aryl methyl sites for hydroxylation is 1. The normalized spacial score (nSPS) is 11.6. The van der Waals surface area contributed by atoms with Crippen molar-refractivity contribution in [2.75, 3.05) is 5.32 Å². The number of nitrogens with one attached hydrogen (secondary N) is 1. The minimum atomic E-state index is -4.48. The lowest BCUT2D eigenvalue weighted by Gasteiger charge is -2.10. The molecule has 4 heterocycles. The summed E-state index contributed by atoms with van der Waals surface area (Å²) in [6.45, 7) is 1.95.